The molecule has 1 amide bonds. The number of para-hydroxylation sites is 1. The number of morpholine rings is 1. The highest BCUT2D eigenvalue weighted by molar-refractivity contribution is 7.18. The third-order valence-corrected chi connectivity index (χ3v) is 6.59. The predicted octanol–water partition coefficient (Wildman–Crippen LogP) is 3.59. The maximum atomic E-state index is 12.8. The molecule has 0 aliphatic carbocycles. The van der Waals surface area contributed by atoms with E-state index < -0.39 is 0 Å². The summed E-state index contributed by atoms with van der Waals surface area (Å²) in [6, 6.07) is 8.00. The van der Waals surface area contributed by atoms with Crippen LogP contribution >= 0.6 is 22.7 Å². The van der Waals surface area contributed by atoms with Crippen molar-refractivity contribution in [1.82, 2.24) is 14.9 Å². The van der Waals surface area contributed by atoms with Crippen LogP contribution in [0.1, 0.15) is 28.0 Å². The maximum Gasteiger partial charge on any atom is 0.223 e. The van der Waals surface area contributed by atoms with Gasteiger partial charge in [0.05, 0.1) is 34.6 Å². The standard InChI is InChI=1S/C18H19N3O2S2/c1-12-15(24-11-19-12)6-7-17(22)21-8-9-23-10-14(21)18-20-13-4-2-3-5-16(13)25-18/h2-5,11,14H,6-10H2,1H3. The fourth-order valence-electron chi connectivity index (χ4n) is 3.07. The number of benzene rings is 1. The molecule has 0 bridgehead atoms. The summed E-state index contributed by atoms with van der Waals surface area (Å²) in [5.41, 5.74) is 3.86. The average Bonchev–Trinajstić information content (AvgIpc) is 3.25. The van der Waals surface area contributed by atoms with E-state index in [1.807, 2.05) is 35.5 Å². The van der Waals surface area contributed by atoms with E-state index >= 15 is 0 Å². The van der Waals surface area contributed by atoms with Gasteiger partial charge in [-0.1, -0.05) is 12.1 Å². The number of nitrogens with zero attached hydrogens (tertiary/aromatic N) is 3. The van der Waals surface area contributed by atoms with E-state index in [0.29, 0.717) is 26.2 Å². The Balaban J connectivity index is 1.52. The van der Waals surface area contributed by atoms with Gasteiger partial charge in [-0.3, -0.25) is 4.79 Å². The van der Waals surface area contributed by atoms with E-state index in [-0.39, 0.29) is 11.9 Å². The quantitative estimate of drug-likeness (QED) is 0.701. The lowest BCUT2D eigenvalue weighted by Crippen LogP contribution is -2.43. The second-order valence-corrected chi connectivity index (χ2v) is 8.06. The lowest BCUT2D eigenvalue weighted by Gasteiger charge is -2.34. The molecule has 3 heterocycles. The van der Waals surface area contributed by atoms with Crippen LogP contribution in [-0.4, -0.2) is 40.5 Å². The van der Waals surface area contributed by atoms with Crippen molar-refractivity contribution in [2.75, 3.05) is 19.8 Å². The first-order chi connectivity index (χ1) is 12.2. The Bertz CT molecular complexity index is 856. The number of rotatable bonds is 4. The first kappa shape index (κ1) is 16.6. The largest absolute Gasteiger partial charge is 0.377 e. The van der Waals surface area contributed by atoms with Crippen LogP contribution in [0.2, 0.25) is 0 Å². The molecule has 0 saturated carbocycles. The van der Waals surface area contributed by atoms with Gasteiger partial charge in [0.25, 0.3) is 0 Å². The van der Waals surface area contributed by atoms with E-state index in [1.165, 1.54) is 4.88 Å². The normalized spacial score (nSPS) is 18.0. The summed E-state index contributed by atoms with van der Waals surface area (Å²) in [7, 11) is 0. The second kappa shape index (κ2) is 7.19. The van der Waals surface area contributed by atoms with Crippen LogP contribution in [0.3, 0.4) is 0 Å². The van der Waals surface area contributed by atoms with Crippen LogP contribution < -0.4 is 0 Å². The van der Waals surface area contributed by atoms with Crippen molar-refractivity contribution in [3.8, 4) is 0 Å². The summed E-state index contributed by atoms with van der Waals surface area (Å²) in [5.74, 6) is 0.167. The molecule has 4 rings (SSSR count). The van der Waals surface area contributed by atoms with Gasteiger partial charge in [-0.15, -0.1) is 22.7 Å². The molecule has 7 heteroatoms. The number of ether oxygens (including phenoxy) is 1. The van der Waals surface area contributed by atoms with E-state index in [4.69, 9.17) is 9.72 Å². The SMILES string of the molecule is Cc1ncsc1CCC(=O)N1CCOCC1c1nc2ccccc2s1. The number of aryl methyl sites for hydroxylation is 2. The molecule has 1 aliphatic rings. The van der Waals surface area contributed by atoms with Gasteiger partial charge in [0.2, 0.25) is 5.91 Å². The monoisotopic (exact) mass is 373 g/mol. The molecule has 1 atom stereocenters. The van der Waals surface area contributed by atoms with Gasteiger partial charge in [-0.2, -0.15) is 0 Å². The van der Waals surface area contributed by atoms with Gasteiger partial charge in [0.15, 0.2) is 0 Å². The Morgan fingerprint density at radius 3 is 3.08 bits per heavy atom. The molecule has 1 saturated heterocycles. The molecule has 130 valence electrons. The summed E-state index contributed by atoms with van der Waals surface area (Å²) in [4.78, 5) is 25.0. The van der Waals surface area contributed by atoms with Crippen molar-refractivity contribution in [2.45, 2.75) is 25.8 Å². The number of fused-ring (bicyclic) bond motifs is 1. The van der Waals surface area contributed by atoms with Crippen molar-refractivity contribution < 1.29 is 9.53 Å². The number of hydrogen-bond donors (Lipinski definition) is 0. The molecule has 0 N–H and O–H groups in total. The second-order valence-electron chi connectivity index (χ2n) is 6.06. The molecule has 5 nitrogen and oxygen atoms in total. The molecule has 25 heavy (non-hydrogen) atoms. The lowest BCUT2D eigenvalue weighted by atomic mass is 10.1. The number of carbonyl (C=O) groups excluding carboxylic acids is 1. The molecule has 0 spiro atoms. The summed E-state index contributed by atoms with van der Waals surface area (Å²) in [6.45, 7) is 3.73. The van der Waals surface area contributed by atoms with Gasteiger partial charge in [0.1, 0.15) is 11.0 Å². The summed E-state index contributed by atoms with van der Waals surface area (Å²) in [5, 5.41) is 0.961. The maximum absolute atomic E-state index is 12.8. The van der Waals surface area contributed by atoms with Crippen LogP contribution in [-0.2, 0) is 16.0 Å². The lowest BCUT2D eigenvalue weighted by molar-refractivity contribution is -0.140. The topological polar surface area (TPSA) is 55.3 Å². The Hall–Kier alpha value is -1.83. The summed E-state index contributed by atoms with van der Waals surface area (Å²) < 4.78 is 6.80. The highest BCUT2D eigenvalue weighted by atomic mass is 32.1. The van der Waals surface area contributed by atoms with Gasteiger partial charge in [-0.25, -0.2) is 9.97 Å². The molecular formula is C18H19N3O2S2. The minimum atomic E-state index is -0.0822. The van der Waals surface area contributed by atoms with E-state index in [0.717, 1.165) is 27.3 Å². The zero-order valence-corrected chi connectivity index (χ0v) is 15.6. The Labute approximate surface area is 154 Å². The van der Waals surface area contributed by atoms with Gasteiger partial charge in [0, 0.05) is 17.8 Å². The first-order valence-corrected chi connectivity index (χ1v) is 10.0. The Morgan fingerprint density at radius 2 is 2.28 bits per heavy atom. The minimum Gasteiger partial charge on any atom is -0.377 e. The first-order valence-electron chi connectivity index (χ1n) is 8.34. The van der Waals surface area contributed by atoms with Crippen molar-refractivity contribution in [3.05, 3.63) is 45.4 Å². The van der Waals surface area contributed by atoms with E-state index in [2.05, 4.69) is 11.1 Å². The zero-order valence-electron chi connectivity index (χ0n) is 14.0. The number of amides is 1. The third-order valence-electron chi connectivity index (χ3n) is 4.46. The summed E-state index contributed by atoms with van der Waals surface area (Å²) >= 11 is 3.27. The number of carbonyl (C=O) groups is 1. The van der Waals surface area contributed by atoms with Crippen LogP contribution in [0.15, 0.2) is 29.8 Å². The average molecular weight is 374 g/mol. The molecule has 3 aromatic rings. The third kappa shape index (κ3) is 3.44. The predicted molar refractivity (Wildman–Crippen MR) is 100 cm³/mol. The molecule has 1 aromatic carbocycles. The number of aromatic nitrogens is 2. The number of thiazole rings is 2. The fourth-order valence-corrected chi connectivity index (χ4v) is 4.92. The molecule has 1 fully saturated rings. The van der Waals surface area contributed by atoms with Crippen molar-refractivity contribution in [1.29, 1.82) is 0 Å². The van der Waals surface area contributed by atoms with Gasteiger partial charge in [-0.05, 0) is 25.5 Å². The van der Waals surface area contributed by atoms with Crippen LogP contribution in [0.25, 0.3) is 10.2 Å². The molecule has 1 aliphatic heterocycles. The molecule has 0 radical (unpaired) electrons. The number of hydrogen-bond acceptors (Lipinski definition) is 6. The van der Waals surface area contributed by atoms with Crippen molar-refractivity contribution in [3.63, 3.8) is 0 Å². The fraction of sp³-hybridized carbons (Fsp3) is 0.389. The zero-order chi connectivity index (χ0) is 17.2. The van der Waals surface area contributed by atoms with Gasteiger partial charge >= 0.3 is 0 Å². The van der Waals surface area contributed by atoms with E-state index in [1.54, 1.807) is 22.7 Å². The molecular weight excluding hydrogens is 354 g/mol. The Kier molecular flexibility index (Phi) is 4.78. The van der Waals surface area contributed by atoms with Crippen LogP contribution in [0.4, 0.5) is 0 Å². The highest BCUT2D eigenvalue weighted by Crippen LogP contribution is 2.32. The van der Waals surface area contributed by atoms with Crippen LogP contribution in [0.5, 0.6) is 0 Å². The van der Waals surface area contributed by atoms with Gasteiger partial charge < -0.3 is 9.64 Å². The van der Waals surface area contributed by atoms with Crippen LogP contribution in [0, 0.1) is 6.92 Å². The van der Waals surface area contributed by atoms with Crippen molar-refractivity contribution >= 4 is 38.8 Å². The highest BCUT2D eigenvalue weighted by Gasteiger charge is 2.30. The molecule has 2 aromatic heterocycles. The minimum absolute atomic E-state index is 0.0822. The van der Waals surface area contributed by atoms with Crippen molar-refractivity contribution in [2.24, 2.45) is 0 Å². The molecule has 1 unspecified atom stereocenters. The Morgan fingerprint density at radius 1 is 1.40 bits per heavy atom. The smallest absolute Gasteiger partial charge is 0.223 e. The van der Waals surface area contributed by atoms with E-state index in [9.17, 15) is 4.79 Å². The summed E-state index contributed by atoms with van der Waals surface area (Å²) in [6.07, 6.45) is 1.25.